The molecule has 11 nitrogen and oxygen atoms in total. The lowest BCUT2D eigenvalue weighted by atomic mass is 9.85. The highest BCUT2D eigenvalue weighted by molar-refractivity contribution is 5.88. The van der Waals surface area contributed by atoms with Crippen molar-refractivity contribution in [2.45, 2.75) is 64.0 Å². The van der Waals surface area contributed by atoms with Crippen LogP contribution in [0.2, 0.25) is 0 Å². The molecule has 1 aliphatic heterocycles. The van der Waals surface area contributed by atoms with Gasteiger partial charge >= 0.3 is 6.03 Å². The van der Waals surface area contributed by atoms with Crippen molar-refractivity contribution in [2.24, 2.45) is 13.0 Å². The van der Waals surface area contributed by atoms with Gasteiger partial charge in [-0.15, -0.1) is 10.2 Å². The van der Waals surface area contributed by atoms with E-state index in [1.54, 1.807) is 4.68 Å². The van der Waals surface area contributed by atoms with E-state index in [0.29, 0.717) is 11.7 Å². The molecule has 0 saturated carbocycles. The van der Waals surface area contributed by atoms with Crippen molar-refractivity contribution in [3.05, 3.63) is 65.5 Å². The molecule has 6 rings (SSSR count). The Balaban J connectivity index is 1.16. The molecule has 234 valence electrons. The molecule has 0 radical (unpaired) electrons. The van der Waals surface area contributed by atoms with E-state index in [1.807, 2.05) is 43.6 Å². The number of benzene rings is 1. The highest BCUT2D eigenvalue weighted by atomic mass is 16.5. The van der Waals surface area contributed by atoms with E-state index in [0.717, 1.165) is 73.1 Å². The lowest BCUT2D eigenvalue weighted by Crippen LogP contribution is -2.40. The first-order valence-corrected chi connectivity index (χ1v) is 15.7. The zero-order valence-electron chi connectivity index (χ0n) is 26.7. The number of amides is 2. The molecule has 3 atom stereocenters. The van der Waals surface area contributed by atoms with Crippen molar-refractivity contribution in [3.8, 4) is 5.75 Å². The maximum absolute atomic E-state index is 13.1. The first kappa shape index (κ1) is 29.9. The van der Waals surface area contributed by atoms with Crippen LogP contribution in [-0.4, -0.2) is 69.0 Å². The standard InChI is InChI=1S/C33H45N9O2/c1-33(2,3)28-18-30(40(6)38-28)35-31(43)34-26-14-15-27(25-12-8-7-11-24(25)26)44-23-13-16-29-36-37-32(42(29)21-23)41-17-9-10-22(20-41)19-39(4)5/h7-8,11-13,16,18,21-22,26-27H,9-10,14-15,17,19-20H2,1-6H3,(H2,34,35,43)/t22-,26+,27-/m1/s1. The Morgan fingerprint density at radius 3 is 2.61 bits per heavy atom. The molecule has 0 spiro atoms. The molecule has 2 aliphatic rings. The van der Waals surface area contributed by atoms with Crippen LogP contribution < -0.4 is 20.3 Å². The third-order valence-electron chi connectivity index (χ3n) is 8.69. The number of piperidine rings is 1. The molecule has 4 aromatic rings. The SMILES string of the molecule is CN(C)C[C@H]1CCCN(c2nnc3ccc(O[C@@H]4CC[C@H](NC(=O)Nc5cc(C(C)(C)C)nn5C)c5ccccc54)cn23)C1. The van der Waals surface area contributed by atoms with E-state index in [1.165, 1.54) is 6.42 Å². The molecular weight excluding hydrogens is 554 g/mol. The monoisotopic (exact) mass is 599 g/mol. The van der Waals surface area contributed by atoms with Crippen LogP contribution in [0, 0.1) is 5.92 Å². The van der Waals surface area contributed by atoms with Crippen LogP contribution in [0.5, 0.6) is 5.75 Å². The van der Waals surface area contributed by atoms with E-state index in [-0.39, 0.29) is 23.6 Å². The smallest absolute Gasteiger partial charge is 0.320 e. The molecule has 44 heavy (non-hydrogen) atoms. The van der Waals surface area contributed by atoms with E-state index < -0.39 is 0 Å². The summed E-state index contributed by atoms with van der Waals surface area (Å²) in [5.41, 5.74) is 3.80. The fourth-order valence-electron chi connectivity index (χ4n) is 6.51. The lowest BCUT2D eigenvalue weighted by molar-refractivity contribution is 0.171. The molecule has 1 aromatic carbocycles. The molecule has 2 amide bonds. The molecular formula is C33H45N9O2. The predicted molar refractivity (Wildman–Crippen MR) is 172 cm³/mol. The fourth-order valence-corrected chi connectivity index (χ4v) is 6.51. The molecule has 1 aliphatic carbocycles. The molecule has 1 fully saturated rings. The number of aryl methyl sites for hydroxylation is 1. The highest BCUT2D eigenvalue weighted by Crippen LogP contribution is 2.39. The largest absolute Gasteiger partial charge is 0.484 e. The highest BCUT2D eigenvalue weighted by Gasteiger charge is 2.30. The van der Waals surface area contributed by atoms with Gasteiger partial charge in [-0.05, 0) is 69.0 Å². The number of hydrogen-bond acceptors (Lipinski definition) is 7. The number of anilines is 2. The topological polar surface area (TPSA) is 105 Å². The van der Waals surface area contributed by atoms with Crippen LogP contribution in [0.3, 0.4) is 0 Å². The van der Waals surface area contributed by atoms with Gasteiger partial charge in [0.2, 0.25) is 5.95 Å². The molecule has 1 saturated heterocycles. The van der Waals surface area contributed by atoms with Crippen molar-refractivity contribution in [1.82, 2.24) is 34.6 Å². The van der Waals surface area contributed by atoms with E-state index in [4.69, 9.17) is 4.74 Å². The predicted octanol–water partition coefficient (Wildman–Crippen LogP) is 5.32. The van der Waals surface area contributed by atoms with Gasteiger partial charge in [-0.25, -0.2) is 4.79 Å². The normalized spacial score (nSPS) is 20.5. The Morgan fingerprint density at radius 2 is 1.86 bits per heavy atom. The second-order valence-electron chi connectivity index (χ2n) is 13.6. The summed E-state index contributed by atoms with van der Waals surface area (Å²) in [7, 11) is 6.11. The minimum Gasteiger partial charge on any atom is -0.484 e. The molecule has 4 heterocycles. The Hall–Kier alpha value is -4.12. The van der Waals surface area contributed by atoms with Crippen LogP contribution in [0.25, 0.3) is 5.65 Å². The van der Waals surface area contributed by atoms with Gasteiger partial charge in [0.15, 0.2) is 5.65 Å². The number of aromatic nitrogens is 5. The van der Waals surface area contributed by atoms with Gasteiger partial charge in [-0.1, -0.05) is 45.0 Å². The summed E-state index contributed by atoms with van der Waals surface area (Å²) in [6.07, 6.45) is 5.80. The number of ether oxygens (including phenoxy) is 1. The van der Waals surface area contributed by atoms with Gasteiger partial charge < -0.3 is 19.9 Å². The van der Waals surface area contributed by atoms with Gasteiger partial charge in [-0.2, -0.15) is 5.10 Å². The van der Waals surface area contributed by atoms with Gasteiger partial charge in [0, 0.05) is 38.2 Å². The van der Waals surface area contributed by atoms with E-state index in [2.05, 4.69) is 87.1 Å². The third kappa shape index (κ3) is 6.38. The minimum absolute atomic E-state index is 0.103. The summed E-state index contributed by atoms with van der Waals surface area (Å²) < 4.78 is 10.4. The van der Waals surface area contributed by atoms with Gasteiger partial charge in [-0.3, -0.25) is 14.4 Å². The van der Waals surface area contributed by atoms with Crippen molar-refractivity contribution in [2.75, 3.05) is 43.9 Å². The molecule has 0 bridgehead atoms. The van der Waals surface area contributed by atoms with Crippen molar-refractivity contribution in [1.29, 1.82) is 0 Å². The van der Waals surface area contributed by atoms with Gasteiger partial charge in [0.25, 0.3) is 0 Å². The number of nitrogens with zero attached hydrogens (tertiary/aromatic N) is 7. The van der Waals surface area contributed by atoms with Crippen LogP contribution in [-0.2, 0) is 12.5 Å². The average molecular weight is 600 g/mol. The third-order valence-corrected chi connectivity index (χ3v) is 8.69. The number of hydrogen-bond donors (Lipinski definition) is 2. The Bertz CT molecular complexity index is 1620. The summed E-state index contributed by atoms with van der Waals surface area (Å²) in [6.45, 7) is 9.34. The van der Waals surface area contributed by atoms with Gasteiger partial charge in [0.05, 0.1) is 17.9 Å². The van der Waals surface area contributed by atoms with E-state index in [9.17, 15) is 4.79 Å². The summed E-state index contributed by atoms with van der Waals surface area (Å²) in [4.78, 5) is 17.7. The van der Waals surface area contributed by atoms with Crippen LogP contribution in [0.1, 0.15) is 75.4 Å². The Labute approximate surface area is 259 Å². The van der Waals surface area contributed by atoms with Crippen LogP contribution >= 0.6 is 0 Å². The number of urea groups is 1. The summed E-state index contributed by atoms with van der Waals surface area (Å²) >= 11 is 0. The number of carbonyl (C=O) groups is 1. The molecule has 11 heteroatoms. The summed E-state index contributed by atoms with van der Waals surface area (Å²) in [5, 5.41) is 19.8. The number of fused-ring (bicyclic) bond motifs is 2. The second-order valence-corrected chi connectivity index (χ2v) is 13.6. The van der Waals surface area contributed by atoms with Gasteiger partial charge in [0.1, 0.15) is 17.7 Å². The average Bonchev–Trinajstić information content (AvgIpc) is 3.57. The molecule has 2 N–H and O–H groups in total. The Morgan fingerprint density at radius 1 is 1.07 bits per heavy atom. The summed E-state index contributed by atoms with van der Waals surface area (Å²) in [6, 6.07) is 13.7. The molecule has 0 unspecified atom stereocenters. The van der Waals surface area contributed by atoms with Crippen molar-refractivity contribution >= 4 is 23.4 Å². The quantitative estimate of drug-likeness (QED) is 0.297. The second kappa shape index (κ2) is 12.1. The minimum atomic E-state index is -0.247. The van der Waals surface area contributed by atoms with Crippen LogP contribution in [0.15, 0.2) is 48.7 Å². The lowest BCUT2D eigenvalue weighted by Gasteiger charge is -2.34. The summed E-state index contributed by atoms with van der Waals surface area (Å²) in [5.74, 6) is 2.92. The first-order valence-electron chi connectivity index (χ1n) is 15.7. The van der Waals surface area contributed by atoms with Crippen molar-refractivity contribution in [3.63, 3.8) is 0 Å². The Kier molecular flexibility index (Phi) is 8.24. The maximum atomic E-state index is 13.1. The first-order chi connectivity index (χ1) is 21.0. The number of pyridine rings is 1. The zero-order valence-corrected chi connectivity index (χ0v) is 26.7. The number of rotatable bonds is 7. The number of carbonyl (C=O) groups excluding carboxylic acids is 1. The van der Waals surface area contributed by atoms with Crippen molar-refractivity contribution < 1.29 is 9.53 Å². The fraction of sp³-hybridized carbons (Fsp3) is 0.515. The maximum Gasteiger partial charge on any atom is 0.320 e. The number of nitrogens with one attached hydrogen (secondary N) is 2. The molecule has 3 aromatic heterocycles. The zero-order chi connectivity index (χ0) is 31.0. The van der Waals surface area contributed by atoms with E-state index >= 15 is 0 Å². The van der Waals surface area contributed by atoms with Crippen LogP contribution in [0.4, 0.5) is 16.6 Å².